The summed E-state index contributed by atoms with van der Waals surface area (Å²) < 4.78 is 39.7. The van der Waals surface area contributed by atoms with Gasteiger partial charge in [0.15, 0.2) is 23.2 Å². The maximum atomic E-state index is 14.7. The van der Waals surface area contributed by atoms with Crippen molar-refractivity contribution in [1.82, 2.24) is 9.97 Å². The molecule has 12 heteroatoms. The van der Waals surface area contributed by atoms with Gasteiger partial charge in [0, 0.05) is 23.1 Å². The van der Waals surface area contributed by atoms with Crippen LogP contribution in [0.4, 0.5) is 37.6 Å². The van der Waals surface area contributed by atoms with Crippen LogP contribution in [0.2, 0.25) is 0 Å². The third-order valence-electron chi connectivity index (χ3n) is 5.29. The lowest BCUT2D eigenvalue weighted by Gasteiger charge is -2.18. The largest absolute Gasteiger partial charge is 0.484 e. The van der Waals surface area contributed by atoms with Crippen molar-refractivity contribution in [1.29, 1.82) is 0 Å². The molecule has 0 saturated heterocycles. The van der Waals surface area contributed by atoms with Gasteiger partial charge in [0.25, 0.3) is 0 Å². The van der Waals surface area contributed by atoms with E-state index in [9.17, 15) is 18.4 Å². The Hall–Kier alpha value is -4.58. The van der Waals surface area contributed by atoms with Crippen molar-refractivity contribution in [2.24, 2.45) is 11.7 Å². The van der Waals surface area contributed by atoms with Crippen molar-refractivity contribution in [2.75, 3.05) is 22.6 Å². The summed E-state index contributed by atoms with van der Waals surface area (Å²) in [6.07, 6.45) is 1.47. The number of rotatable bonds is 12. The maximum absolute atomic E-state index is 14.7. The fourth-order valence-electron chi connectivity index (χ4n) is 3.14. The van der Waals surface area contributed by atoms with Crippen molar-refractivity contribution < 1.29 is 27.8 Å². The number of carbonyl (C=O) groups is 2. The molecule has 1 amide bonds. The van der Waals surface area contributed by atoms with Crippen LogP contribution in [0.15, 0.2) is 61.3 Å². The highest BCUT2D eigenvalue weighted by molar-refractivity contribution is 5.99. The van der Waals surface area contributed by atoms with Crippen LogP contribution in [0.5, 0.6) is 5.75 Å². The molecule has 0 spiro atoms. The average molecular weight is 541 g/mol. The SMILES string of the molecule is C=CC(=O)Nc1cccc(Nc2nc(Nc3ccc(OC(C)COC(=O)C(N)C(C)C)c(F)c3)ncc2F)c1. The molecule has 39 heavy (non-hydrogen) atoms. The Morgan fingerprint density at radius 1 is 1.05 bits per heavy atom. The predicted molar refractivity (Wildman–Crippen MR) is 144 cm³/mol. The average Bonchev–Trinajstić information content (AvgIpc) is 2.90. The molecule has 206 valence electrons. The molecule has 10 nitrogen and oxygen atoms in total. The van der Waals surface area contributed by atoms with E-state index in [1.54, 1.807) is 45.0 Å². The second kappa shape index (κ2) is 13.3. The topological polar surface area (TPSA) is 140 Å². The van der Waals surface area contributed by atoms with Crippen LogP contribution in [0.1, 0.15) is 20.8 Å². The Balaban J connectivity index is 1.63. The Kier molecular flexibility index (Phi) is 9.87. The third kappa shape index (κ3) is 8.47. The molecule has 5 N–H and O–H groups in total. The highest BCUT2D eigenvalue weighted by atomic mass is 19.1. The molecule has 0 aliphatic carbocycles. The molecule has 0 fully saturated rings. The zero-order valence-corrected chi connectivity index (χ0v) is 21.7. The minimum absolute atomic E-state index is 0.00450. The lowest BCUT2D eigenvalue weighted by molar-refractivity contribution is -0.148. The maximum Gasteiger partial charge on any atom is 0.323 e. The summed E-state index contributed by atoms with van der Waals surface area (Å²) in [4.78, 5) is 31.4. The van der Waals surface area contributed by atoms with Gasteiger partial charge in [-0.1, -0.05) is 26.5 Å². The van der Waals surface area contributed by atoms with Crippen molar-refractivity contribution in [3.8, 4) is 5.75 Å². The quantitative estimate of drug-likeness (QED) is 0.191. The van der Waals surface area contributed by atoms with Gasteiger partial charge in [-0.3, -0.25) is 9.59 Å². The van der Waals surface area contributed by atoms with E-state index in [0.29, 0.717) is 11.4 Å². The number of nitrogens with one attached hydrogen (secondary N) is 3. The van der Waals surface area contributed by atoms with E-state index >= 15 is 0 Å². The first-order valence-electron chi connectivity index (χ1n) is 12.0. The molecule has 1 heterocycles. The molecular formula is C27H30F2N6O4. The summed E-state index contributed by atoms with van der Waals surface area (Å²) in [5.41, 5.74) is 6.97. The number of nitrogens with two attached hydrogens (primary N) is 1. The molecule has 3 aromatic rings. The fraction of sp³-hybridized carbons (Fsp3) is 0.259. The van der Waals surface area contributed by atoms with Crippen LogP contribution in [0.25, 0.3) is 0 Å². The minimum Gasteiger partial charge on any atom is -0.484 e. The molecule has 0 radical (unpaired) electrons. The number of halogens is 2. The van der Waals surface area contributed by atoms with Crippen LogP contribution in [-0.2, 0) is 14.3 Å². The van der Waals surface area contributed by atoms with Gasteiger partial charge in [0.2, 0.25) is 11.9 Å². The predicted octanol–water partition coefficient (Wildman–Crippen LogP) is 4.66. The summed E-state index contributed by atoms with van der Waals surface area (Å²) in [6.45, 7) is 8.54. The van der Waals surface area contributed by atoms with E-state index in [-0.39, 0.29) is 41.6 Å². The van der Waals surface area contributed by atoms with Gasteiger partial charge in [-0.15, -0.1) is 0 Å². The minimum atomic E-state index is -0.751. The molecule has 2 aromatic carbocycles. The standard InChI is InChI=1S/C27H30F2N6O4/c1-5-23(36)32-17-7-6-8-18(11-17)33-25-21(29)13-31-27(35-25)34-19-9-10-22(20(28)12-19)39-16(4)14-38-26(37)24(30)15(2)3/h5-13,15-16,24H,1,14,30H2,2-4H3,(H,32,36)(H2,31,33,34,35). The number of hydrogen-bond donors (Lipinski definition) is 4. The summed E-state index contributed by atoms with van der Waals surface area (Å²) in [5.74, 6) is -2.61. The molecule has 2 atom stereocenters. The van der Waals surface area contributed by atoms with Crippen LogP contribution in [-0.4, -0.2) is 40.6 Å². The first-order valence-corrected chi connectivity index (χ1v) is 12.0. The molecule has 2 unspecified atom stereocenters. The Labute approximate surface area is 224 Å². The number of anilines is 5. The smallest absolute Gasteiger partial charge is 0.323 e. The van der Waals surface area contributed by atoms with Crippen LogP contribution >= 0.6 is 0 Å². The van der Waals surface area contributed by atoms with Gasteiger partial charge in [-0.05, 0) is 49.2 Å². The lowest BCUT2D eigenvalue weighted by Crippen LogP contribution is -2.38. The van der Waals surface area contributed by atoms with Gasteiger partial charge >= 0.3 is 5.97 Å². The van der Waals surface area contributed by atoms with Crippen LogP contribution in [0, 0.1) is 17.6 Å². The first-order chi connectivity index (χ1) is 18.5. The van der Waals surface area contributed by atoms with Crippen molar-refractivity contribution in [3.63, 3.8) is 0 Å². The summed E-state index contributed by atoms with van der Waals surface area (Å²) in [5, 5.41) is 8.24. The second-order valence-corrected chi connectivity index (χ2v) is 8.89. The Bertz CT molecular complexity index is 1340. The van der Waals surface area contributed by atoms with Gasteiger partial charge < -0.3 is 31.2 Å². The van der Waals surface area contributed by atoms with Gasteiger partial charge in [-0.25, -0.2) is 13.8 Å². The van der Waals surface area contributed by atoms with Crippen molar-refractivity contribution in [3.05, 3.63) is 73.0 Å². The van der Waals surface area contributed by atoms with Crippen molar-refractivity contribution >= 4 is 40.7 Å². The van der Waals surface area contributed by atoms with E-state index in [0.717, 1.165) is 18.3 Å². The number of esters is 1. The molecule has 0 aliphatic rings. The number of aromatic nitrogens is 2. The number of benzene rings is 2. The highest BCUT2D eigenvalue weighted by Crippen LogP contribution is 2.26. The van der Waals surface area contributed by atoms with Gasteiger partial charge in [0.1, 0.15) is 18.8 Å². The number of nitrogens with zero attached hydrogens (tertiary/aromatic N) is 2. The molecule has 1 aromatic heterocycles. The fourth-order valence-corrected chi connectivity index (χ4v) is 3.14. The zero-order valence-electron chi connectivity index (χ0n) is 21.7. The van der Waals surface area contributed by atoms with E-state index in [1.165, 1.54) is 12.1 Å². The second-order valence-electron chi connectivity index (χ2n) is 8.89. The van der Waals surface area contributed by atoms with Gasteiger partial charge in [0.05, 0.1) is 6.20 Å². The van der Waals surface area contributed by atoms with E-state index in [1.807, 2.05) is 0 Å². The van der Waals surface area contributed by atoms with Crippen molar-refractivity contribution in [2.45, 2.75) is 32.9 Å². The molecule has 0 saturated carbocycles. The highest BCUT2D eigenvalue weighted by Gasteiger charge is 2.20. The first kappa shape index (κ1) is 29.0. The third-order valence-corrected chi connectivity index (χ3v) is 5.29. The summed E-state index contributed by atoms with van der Waals surface area (Å²) >= 11 is 0. The van der Waals surface area contributed by atoms with Crippen LogP contribution in [0.3, 0.4) is 0 Å². The van der Waals surface area contributed by atoms with Crippen LogP contribution < -0.4 is 26.4 Å². The van der Waals surface area contributed by atoms with E-state index < -0.39 is 29.7 Å². The van der Waals surface area contributed by atoms with E-state index in [4.69, 9.17) is 15.2 Å². The summed E-state index contributed by atoms with van der Waals surface area (Å²) in [7, 11) is 0. The molecule has 0 aliphatic heterocycles. The number of carbonyl (C=O) groups excluding carboxylic acids is 2. The lowest BCUT2D eigenvalue weighted by atomic mass is 10.1. The van der Waals surface area contributed by atoms with E-state index in [2.05, 4.69) is 32.5 Å². The number of ether oxygens (including phenoxy) is 2. The zero-order chi connectivity index (χ0) is 28.5. The Morgan fingerprint density at radius 3 is 2.46 bits per heavy atom. The summed E-state index contributed by atoms with van der Waals surface area (Å²) in [6, 6.07) is 9.90. The molecule has 3 rings (SSSR count). The normalized spacial score (nSPS) is 12.3. The number of hydrogen-bond acceptors (Lipinski definition) is 9. The Morgan fingerprint density at radius 2 is 1.77 bits per heavy atom. The monoisotopic (exact) mass is 540 g/mol. The molecule has 0 bridgehead atoms. The van der Waals surface area contributed by atoms with Gasteiger partial charge in [-0.2, -0.15) is 4.98 Å². The number of amides is 1. The molecular weight excluding hydrogens is 510 g/mol.